The summed E-state index contributed by atoms with van der Waals surface area (Å²) in [5.74, 6) is 1.17. The molecule has 0 aliphatic carbocycles. The minimum Gasteiger partial charge on any atom is -0.497 e. The van der Waals surface area contributed by atoms with Crippen LogP contribution in [-0.2, 0) is 17.6 Å². The van der Waals surface area contributed by atoms with Gasteiger partial charge in [-0.2, -0.15) is 5.26 Å². The lowest BCUT2D eigenvalue weighted by atomic mass is 10.0. The van der Waals surface area contributed by atoms with Gasteiger partial charge in [-0.05, 0) is 30.0 Å². The highest BCUT2D eigenvalue weighted by atomic mass is 16.5. The van der Waals surface area contributed by atoms with Gasteiger partial charge in [-0.25, -0.2) is 4.98 Å². The first-order valence-corrected chi connectivity index (χ1v) is 8.05. The number of hydrogen-bond donors (Lipinski definition) is 2. The lowest BCUT2D eigenvalue weighted by Gasteiger charge is -2.12. The molecule has 2 rings (SSSR count). The Morgan fingerprint density at radius 3 is 2.80 bits per heavy atom. The van der Waals surface area contributed by atoms with Gasteiger partial charge in [-0.1, -0.05) is 26.0 Å². The van der Waals surface area contributed by atoms with Crippen LogP contribution >= 0.6 is 0 Å². The molecule has 1 heterocycles. The topological polar surface area (TPSA) is 101 Å². The van der Waals surface area contributed by atoms with E-state index in [1.807, 2.05) is 38.1 Å². The molecule has 0 aliphatic heterocycles. The highest BCUT2D eigenvalue weighted by molar-refractivity contribution is 5.92. The average molecular weight is 338 g/mol. The Morgan fingerprint density at radius 1 is 1.40 bits per heavy atom. The number of ether oxygens (including phenoxy) is 1. The maximum atomic E-state index is 12.3. The third-order valence-electron chi connectivity index (χ3n) is 3.60. The molecule has 6 nitrogen and oxygen atoms in total. The van der Waals surface area contributed by atoms with Gasteiger partial charge in [0.05, 0.1) is 30.5 Å². The van der Waals surface area contributed by atoms with E-state index in [0.29, 0.717) is 40.9 Å². The number of carbonyl (C=O) groups is 1. The van der Waals surface area contributed by atoms with Crippen LogP contribution in [0.3, 0.4) is 0 Å². The van der Waals surface area contributed by atoms with Crippen LogP contribution in [0.1, 0.15) is 30.7 Å². The first-order chi connectivity index (χ1) is 11.9. The summed E-state index contributed by atoms with van der Waals surface area (Å²) in [7, 11) is 1.58. The van der Waals surface area contributed by atoms with Crippen LogP contribution in [0.15, 0.2) is 30.3 Å². The number of nitrogen functional groups attached to an aromatic ring is 1. The number of anilines is 2. The molecule has 0 saturated carbocycles. The van der Waals surface area contributed by atoms with Crippen molar-refractivity contribution in [3.05, 3.63) is 47.2 Å². The summed E-state index contributed by atoms with van der Waals surface area (Å²) in [5.41, 5.74) is 8.08. The van der Waals surface area contributed by atoms with Crippen LogP contribution in [0.2, 0.25) is 0 Å². The summed E-state index contributed by atoms with van der Waals surface area (Å²) in [5, 5.41) is 12.0. The van der Waals surface area contributed by atoms with Gasteiger partial charge in [0.15, 0.2) is 0 Å². The van der Waals surface area contributed by atoms with Crippen molar-refractivity contribution in [2.24, 2.45) is 5.92 Å². The van der Waals surface area contributed by atoms with Gasteiger partial charge in [-0.3, -0.25) is 4.79 Å². The molecule has 25 heavy (non-hydrogen) atoms. The quantitative estimate of drug-likeness (QED) is 0.843. The molecule has 1 aromatic heterocycles. The molecule has 0 radical (unpaired) electrons. The normalized spacial score (nSPS) is 10.4. The van der Waals surface area contributed by atoms with Crippen LogP contribution in [0, 0.1) is 17.2 Å². The highest BCUT2D eigenvalue weighted by Gasteiger charge is 2.14. The van der Waals surface area contributed by atoms with Crippen LogP contribution in [0.5, 0.6) is 5.75 Å². The summed E-state index contributed by atoms with van der Waals surface area (Å²) in [6, 6.07) is 10.9. The zero-order valence-corrected chi connectivity index (χ0v) is 14.7. The molecular formula is C19H22N4O2. The maximum Gasteiger partial charge on any atom is 0.229 e. The zero-order valence-electron chi connectivity index (χ0n) is 14.7. The molecule has 0 aliphatic rings. The minimum atomic E-state index is -0.208. The van der Waals surface area contributed by atoms with Crippen molar-refractivity contribution in [2.45, 2.75) is 26.7 Å². The Hall–Kier alpha value is -3.07. The molecule has 1 amide bonds. The van der Waals surface area contributed by atoms with E-state index in [4.69, 9.17) is 10.5 Å². The Labute approximate surface area is 147 Å². The Bertz CT molecular complexity index is 810. The van der Waals surface area contributed by atoms with E-state index in [1.54, 1.807) is 7.11 Å². The predicted molar refractivity (Wildman–Crippen MR) is 97.2 cm³/mol. The number of amides is 1. The summed E-state index contributed by atoms with van der Waals surface area (Å²) in [4.78, 5) is 16.7. The first-order valence-electron chi connectivity index (χ1n) is 8.05. The molecule has 0 fully saturated rings. The fourth-order valence-electron chi connectivity index (χ4n) is 2.50. The molecule has 0 bridgehead atoms. The lowest BCUT2D eigenvalue weighted by Crippen LogP contribution is -2.17. The SMILES string of the molecule is COc1cccc(CC(=O)Nc2cc(N)c(C#N)c(CC(C)C)n2)c1. The predicted octanol–water partition coefficient (Wildman–Crippen LogP) is 2.92. The van der Waals surface area contributed by atoms with Gasteiger partial charge < -0.3 is 15.8 Å². The monoisotopic (exact) mass is 338 g/mol. The van der Waals surface area contributed by atoms with Crippen LogP contribution in [0.25, 0.3) is 0 Å². The van der Waals surface area contributed by atoms with E-state index in [2.05, 4.69) is 16.4 Å². The van der Waals surface area contributed by atoms with Gasteiger partial charge in [0.25, 0.3) is 0 Å². The van der Waals surface area contributed by atoms with Crippen molar-refractivity contribution in [2.75, 3.05) is 18.2 Å². The van der Waals surface area contributed by atoms with Gasteiger partial charge in [0.2, 0.25) is 5.91 Å². The van der Waals surface area contributed by atoms with E-state index >= 15 is 0 Å². The second kappa shape index (κ2) is 8.15. The van der Waals surface area contributed by atoms with Crippen LogP contribution < -0.4 is 15.8 Å². The van der Waals surface area contributed by atoms with Crippen molar-refractivity contribution >= 4 is 17.4 Å². The number of aromatic nitrogens is 1. The Morgan fingerprint density at radius 2 is 2.16 bits per heavy atom. The summed E-state index contributed by atoms with van der Waals surface area (Å²) < 4.78 is 5.16. The molecule has 130 valence electrons. The van der Waals surface area contributed by atoms with E-state index < -0.39 is 0 Å². The third-order valence-corrected chi connectivity index (χ3v) is 3.60. The fourth-order valence-corrected chi connectivity index (χ4v) is 2.50. The average Bonchev–Trinajstić information content (AvgIpc) is 2.54. The number of nitrogens with two attached hydrogens (primary N) is 1. The second-order valence-corrected chi connectivity index (χ2v) is 6.20. The van der Waals surface area contributed by atoms with Gasteiger partial charge >= 0.3 is 0 Å². The molecule has 0 unspecified atom stereocenters. The molecule has 1 aromatic carbocycles. The number of nitrogens with zero attached hydrogens (tertiary/aromatic N) is 2. The van der Waals surface area contributed by atoms with Crippen LogP contribution in [-0.4, -0.2) is 18.0 Å². The van der Waals surface area contributed by atoms with Crippen molar-refractivity contribution in [3.63, 3.8) is 0 Å². The first kappa shape index (κ1) is 18.3. The van der Waals surface area contributed by atoms with E-state index in [9.17, 15) is 10.1 Å². The summed E-state index contributed by atoms with van der Waals surface area (Å²) in [6.07, 6.45) is 0.811. The fraction of sp³-hybridized carbons (Fsp3) is 0.316. The van der Waals surface area contributed by atoms with Gasteiger partial charge in [-0.15, -0.1) is 0 Å². The van der Waals surface area contributed by atoms with E-state index in [-0.39, 0.29) is 12.3 Å². The number of carbonyl (C=O) groups excluding carboxylic acids is 1. The molecule has 3 N–H and O–H groups in total. The number of pyridine rings is 1. The number of hydrogen-bond acceptors (Lipinski definition) is 5. The minimum absolute atomic E-state index is 0.193. The smallest absolute Gasteiger partial charge is 0.229 e. The van der Waals surface area contributed by atoms with Gasteiger partial charge in [0.1, 0.15) is 17.6 Å². The summed E-state index contributed by atoms with van der Waals surface area (Å²) >= 11 is 0. The zero-order chi connectivity index (χ0) is 18.4. The number of methoxy groups -OCH3 is 1. The van der Waals surface area contributed by atoms with Crippen molar-refractivity contribution < 1.29 is 9.53 Å². The van der Waals surface area contributed by atoms with Crippen molar-refractivity contribution in [3.8, 4) is 11.8 Å². The van der Waals surface area contributed by atoms with Crippen LogP contribution in [0.4, 0.5) is 11.5 Å². The van der Waals surface area contributed by atoms with E-state index in [1.165, 1.54) is 6.07 Å². The number of rotatable bonds is 6. The molecule has 2 aromatic rings. The molecule has 0 spiro atoms. The van der Waals surface area contributed by atoms with Crippen molar-refractivity contribution in [1.82, 2.24) is 4.98 Å². The van der Waals surface area contributed by atoms with E-state index in [0.717, 1.165) is 5.56 Å². The maximum absolute atomic E-state index is 12.3. The number of nitriles is 1. The second-order valence-electron chi connectivity index (χ2n) is 6.20. The number of nitrogens with one attached hydrogen (secondary N) is 1. The Kier molecular flexibility index (Phi) is 5.96. The standard InChI is InChI=1S/C19H22N4O2/c1-12(2)7-17-15(11-20)16(21)10-18(22-17)23-19(24)9-13-5-4-6-14(8-13)25-3/h4-6,8,10,12H,7,9H2,1-3H3,(H3,21,22,23,24). The summed E-state index contributed by atoms with van der Waals surface area (Å²) in [6.45, 7) is 4.07. The lowest BCUT2D eigenvalue weighted by molar-refractivity contribution is -0.115. The number of benzene rings is 1. The molecule has 0 saturated heterocycles. The third kappa shape index (κ3) is 4.95. The largest absolute Gasteiger partial charge is 0.497 e. The Balaban J connectivity index is 2.17. The molecular weight excluding hydrogens is 316 g/mol. The molecule has 0 atom stereocenters. The van der Waals surface area contributed by atoms with Gasteiger partial charge in [0, 0.05) is 6.07 Å². The molecule has 6 heteroatoms. The highest BCUT2D eigenvalue weighted by Crippen LogP contribution is 2.22. The van der Waals surface area contributed by atoms with Crippen molar-refractivity contribution in [1.29, 1.82) is 5.26 Å².